The number of nitrogens with zero attached hydrogens (tertiary/aromatic N) is 2. The van der Waals surface area contributed by atoms with Crippen molar-refractivity contribution >= 4 is 0 Å². The number of nitrogens with one attached hydrogen (secondary N) is 1. The van der Waals surface area contributed by atoms with Crippen LogP contribution in [0.5, 0.6) is 0 Å². The Labute approximate surface area is 108 Å². The van der Waals surface area contributed by atoms with E-state index in [9.17, 15) is 0 Å². The number of imidazole rings is 1. The molecule has 2 aromatic heterocycles. The summed E-state index contributed by atoms with van der Waals surface area (Å²) in [4.78, 5) is 4.20. The molecule has 0 radical (unpaired) electrons. The molecule has 1 unspecified atom stereocenters. The van der Waals surface area contributed by atoms with Crippen LogP contribution in [0.25, 0.3) is 0 Å². The zero-order chi connectivity index (χ0) is 13.0. The van der Waals surface area contributed by atoms with Gasteiger partial charge in [-0.25, -0.2) is 4.98 Å². The molecule has 1 N–H and O–H groups in total. The number of hydrogen-bond donors (Lipinski definition) is 1. The normalized spacial score (nSPS) is 12.8. The average molecular weight is 247 g/mol. The molecule has 2 aromatic rings. The fraction of sp³-hybridized carbons (Fsp3) is 0.500. The molecule has 0 fully saturated rings. The van der Waals surface area contributed by atoms with Crippen LogP contribution in [0, 0.1) is 6.92 Å². The maximum Gasteiger partial charge on any atom is 0.120 e. The molecule has 4 nitrogen and oxygen atoms in total. The van der Waals surface area contributed by atoms with Gasteiger partial charge in [-0.2, -0.15) is 0 Å². The second-order valence-electron chi connectivity index (χ2n) is 4.63. The molecule has 0 saturated heterocycles. The van der Waals surface area contributed by atoms with E-state index < -0.39 is 0 Å². The molecule has 0 aliphatic carbocycles. The highest BCUT2D eigenvalue weighted by Crippen LogP contribution is 2.16. The second kappa shape index (κ2) is 5.87. The molecule has 0 amide bonds. The number of aryl methyl sites for hydroxylation is 2. The average Bonchev–Trinajstić information content (AvgIpc) is 2.96. The molecule has 1 atom stereocenters. The van der Waals surface area contributed by atoms with Crippen LogP contribution in [0.3, 0.4) is 0 Å². The molecule has 2 heterocycles. The standard InChI is InChI=1S/C14H21N3O/c1-4-7-17-10-15-8-13(17)9-16-12(3)14-6-5-11(2)18-14/h5-6,8,10,12,16H,4,7,9H2,1-3H3. The van der Waals surface area contributed by atoms with Gasteiger partial charge in [0.25, 0.3) is 0 Å². The third-order valence-electron chi connectivity index (χ3n) is 3.04. The number of rotatable bonds is 6. The molecular formula is C14H21N3O. The molecule has 0 saturated carbocycles. The van der Waals surface area contributed by atoms with Gasteiger partial charge in [-0.15, -0.1) is 0 Å². The van der Waals surface area contributed by atoms with Crippen molar-refractivity contribution in [3.05, 3.63) is 41.9 Å². The van der Waals surface area contributed by atoms with Crippen LogP contribution < -0.4 is 5.32 Å². The first-order valence-corrected chi connectivity index (χ1v) is 6.49. The van der Waals surface area contributed by atoms with E-state index in [4.69, 9.17) is 4.42 Å². The van der Waals surface area contributed by atoms with Gasteiger partial charge in [-0.3, -0.25) is 0 Å². The first kappa shape index (κ1) is 12.9. The van der Waals surface area contributed by atoms with Crippen molar-refractivity contribution in [2.75, 3.05) is 0 Å². The Morgan fingerprint density at radius 1 is 1.44 bits per heavy atom. The predicted octanol–water partition coefficient (Wildman–Crippen LogP) is 3.05. The highest BCUT2D eigenvalue weighted by molar-refractivity contribution is 5.09. The maximum absolute atomic E-state index is 5.61. The van der Waals surface area contributed by atoms with Crippen molar-refractivity contribution < 1.29 is 4.42 Å². The molecule has 0 aliphatic rings. The van der Waals surface area contributed by atoms with Gasteiger partial charge in [0, 0.05) is 19.3 Å². The van der Waals surface area contributed by atoms with Crippen molar-refractivity contribution in [3.8, 4) is 0 Å². The van der Waals surface area contributed by atoms with Crippen LogP contribution in [-0.2, 0) is 13.1 Å². The second-order valence-corrected chi connectivity index (χ2v) is 4.63. The molecule has 18 heavy (non-hydrogen) atoms. The van der Waals surface area contributed by atoms with Crippen molar-refractivity contribution in [3.63, 3.8) is 0 Å². The zero-order valence-electron chi connectivity index (χ0n) is 11.3. The third kappa shape index (κ3) is 3.01. The summed E-state index contributed by atoms with van der Waals surface area (Å²) < 4.78 is 7.80. The van der Waals surface area contributed by atoms with E-state index in [-0.39, 0.29) is 6.04 Å². The Hall–Kier alpha value is -1.55. The molecular weight excluding hydrogens is 226 g/mol. The summed E-state index contributed by atoms with van der Waals surface area (Å²) in [6.07, 6.45) is 4.93. The van der Waals surface area contributed by atoms with Gasteiger partial charge in [0.2, 0.25) is 0 Å². The summed E-state index contributed by atoms with van der Waals surface area (Å²) in [7, 11) is 0. The Bertz CT molecular complexity index is 487. The fourth-order valence-corrected chi connectivity index (χ4v) is 1.98. The van der Waals surface area contributed by atoms with Gasteiger partial charge in [-0.1, -0.05) is 6.92 Å². The van der Waals surface area contributed by atoms with E-state index in [2.05, 4.69) is 28.7 Å². The minimum absolute atomic E-state index is 0.212. The molecule has 4 heteroatoms. The fourth-order valence-electron chi connectivity index (χ4n) is 1.98. The van der Waals surface area contributed by atoms with E-state index in [0.717, 1.165) is 31.0 Å². The zero-order valence-corrected chi connectivity index (χ0v) is 11.3. The van der Waals surface area contributed by atoms with E-state index in [1.165, 1.54) is 5.69 Å². The van der Waals surface area contributed by atoms with Crippen LogP contribution in [0.15, 0.2) is 29.1 Å². The van der Waals surface area contributed by atoms with E-state index in [1.54, 1.807) is 0 Å². The highest BCUT2D eigenvalue weighted by Gasteiger charge is 2.10. The quantitative estimate of drug-likeness (QED) is 0.853. The van der Waals surface area contributed by atoms with Crippen molar-refractivity contribution in [2.24, 2.45) is 0 Å². The Morgan fingerprint density at radius 2 is 2.28 bits per heavy atom. The Balaban J connectivity index is 1.92. The summed E-state index contributed by atoms with van der Waals surface area (Å²) in [5.74, 6) is 1.93. The van der Waals surface area contributed by atoms with E-state index >= 15 is 0 Å². The van der Waals surface area contributed by atoms with Crippen LogP contribution >= 0.6 is 0 Å². The van der Waals surface area contributed by atoms with Crippen molar-refractivity contribution in [2.45, 2.75) is 46.3 Å². The maximum atomic E-state index is 5.61. The van der Waals surface area contributed by atoms with Gasteiger partial charge >= 0.3 is 0 Å². The van der Waals surface area contributed by atoms with Crippen LogP contribution in [0.4, 0.5) is 0 Å². The molecule has 0 spiro atoms. The predicted molar refractivity (Wildman–Crippen MR) is 71.2 cm³/mol. The van der Waals surface area contributed by atoms with Crippen molar-refractivity contribution in [1.82, 2.24) is 14.9 Å². The lowest BCUT2D eigenvalue weighted by Gasteiger charge is -2.12. The first-order valence-electron chi connectivity index (χ1n) is 6.49. The molecule has 0 aliphatic heterocycles. The lowest BCUT2D eigenvalue weighted by atomic mass is 10.2. The Morgan fingerprint density at radius 3 is 2.94 bits per heavy atom. The number of aromatic nitrogens is 2. The van der Waals surface area contributed by atoms with Gasteiger partial charge in [0.05, 0.1) is 18.1 Å². The van der Waals surface area contributed by atoms with Gasteiger partial charge in [-0.05, 0) is 32.4 Å². The van der Waals surface area contributed by atoms with Crippen LogP contribution in [-0.4, -0.2) is 9.55 Å². The Kier molecular flexibility index (Phi) is 4.20. The molecule has 0 aromatic carbocycles. The largest absolute Gasteiger partial charge is 0.465 e. The summed E-state index contributed by atoms with van der Waals surface area (Å²) in [5.41, 5.74) is 1.21. The molecule has 0 bridgehead atoms. The smallest absolute Gasteiger partial charge is 0.120 e. The molecule has 98 valence electrons. The highest BCUT2D eigenvalue weighted by atomic mass is 16.3. The number of furan rings is 1. The van der Waals surface area contributed by atoms with Gasteiger partial charge < -0.3 is 14.3 Å². The summed E-state index contributed by atoms with van der Waals surface area (Å²) in [5, 5.41) is 3.46. The minimum atomic E-state index is 0.212. The SMILES string of the molecule is CCCn1cncc1CNC(C)c1ccc(C)o1. The number of hydrogen-bond acceptors (Lipinski definition) is 3. The lowest BCUT2D eigenvalue weighted by Crippen LogP contribution is -2.19. The summed E-state index contributed by atoms with van der Waals surface area (Å²) in [6, 6.07) is 4.23. The van der Waals surface area contributed by atoms with Gasteiger partial charge in [0.15, 0.2) is 0 Å². The third-order valence-corrected chi connectivity index (χ3v) is 3.04. The summed E-state index contributed by atoms with van der Waals surface area (Å²) in [6.45, 7) is 8.07. The van der Waals surface area contributed by atoms with E-state index in [0.29, 0.717) is 0 Å². The minimum Gasteiger partial charge on any atom is -0.465 e. The lowest BCUT2D eigenvalue weighted by molar-refractivity contribution is 0.412. The van der Waals surface area contributed by atoms with Crippen LogP contribution in [0.2, 0.25) is 0 Å². The van der Waals surface area contributed by atoms with E-state index in [1.807, 2.05) is 31.6 Å². The molecule has 2 rings (SSSR count). The first-order chi connectivity index (χ1) is 8.70. The topological polar surface area (TPSA) is 43.0 Å². The van der Waals surface area contributed by atoms with Gasteiger partial charge in [0.1, 0.15) is 11.5 Å². The van der Waals surface area contributed by atoms with Crippen molar-refractivity contribution in [1.29, 1.82) is 0 Å². The van der Waals surface area contributed by atoms with Crippen LogP contribution in [0.1, 0.15) is 43.5 Å². The summed E-state index contributed by atoms with van der Waals surface area (Å²) >= 11 is 0. The monoisotopic (exact) mass is 247 g/mol.